The normalized spacial score (nSPS) is 21.1. The number of fused-ring (bicyclic) bond motifs is 1. The van der Waals surface area contributed by atoms with Crippen molar-refractivity contribution in [2.45, 2.75) is 38.1 Å². The lowest BCUT2D eigenvalue weighted by Crippen LogP contribution is -2.40. The van der Waals surface area contributed by atoms with E-state index in [1.807, 2.05) is 29.2 Å². The van der Waals surface area contributed by atoms with Crippen molar-refractivity contribution in [3.8, 4) is 0 Å². The Balaban J connectivity index is 1.48. The maximum absolute atomic E-state index is 13.6. The Labute approximate surface area is 192 Å². The summed E-state index contributed by atoms with van der Waals surface area (Å²) in [6, 6.07) is 12.6. The fraction of sp³-hybridized carbons (Fsp3) is 0.391. The number of H-pyrrole nitrogens is 1. The van der Waals surface area contributed by atoms with Crippen LogP contribution in [-0.4, -0.2) is 48.0 Å². The zero-order valence-electron chi connectivity index (χ0n) is 17.6. The number of hydrogen-bond acceptors (Lipinski definition) is 4. The van der Waals surface area contributed by atoms with Crippen molar-refractivity contribution >= 4 is 44.3 Å². The topological polar surface area (TPSA) is 86.4 Å². The van der Waals surface area contributed by atoms with E-state index < -0.39 is 10.0 Å². The van der Waals surface area contributed by atoms with Crippen LogP contribution in [0.5, 0.6) is 0 Å². The molecule has 0 radical (unpaired) electrons. The summed E-state index contributed by atoms with van der Waals surface area (Å²) in [5, 5.41) is 0.333. The Morgan fingerprint density at radius 1 is 1.06 bits per heavy atom. The quantitative estimate of drug-likeness (QED) is 0.607. The molecule has 2 aromatic carbocycles. The molecule has 2 aliphatic heterocycles. The molecule has 3 heterocycles. The van der Waals surface area contributed by atoms with Gasteiger partial charge in [-0.3, -0.25) is 9.10 Å². The number of carbonyl (C=O) groups is 1. The van der Waals surface area contributed by atoms with E-state index in [9.17, 15) is 13.2 Å². The van der Waals surface area contributed by atoms with Gasteiger partial charge in [0.25, 0.3) is 5.91 Å². The molecular weight excluding hydrogens is 448 g/mol. The number of halogens is 1. The highest BCUT2D eigenvalue weighted by molar-refractivity contribution is 7.92. The van der Waals surface area contributed by atoms with Crippen LogP contribution in [0.3, 0.4) is 0 Å². The third kappa shape index (κ3) is 3.86. The van der Waals surface area contributed by atoms with Crippen LogP contribution < -0.4 is 4.31 Å². The van der Waals surface area contributed by atoms with Crippen LogP contribution >= 0.6 is 11.6 Å². The van der Waals surface area contributed by atoms with Crippen LogP contribution in [0.2, 0.25) is 5.02 Å². The second-order valence-electron chi connectivity index (χ2n) is 8.41. The Morgan fingerprint density at radius 3 is 2.69 bits per heavy atom. The monoisotopic (exact) mass is 472 g/mol. The number of anilines is 1. The van der Waals surface area contributed by atoms with Gasteiger partial charge in [0.2, 0.25) is 10.0 Å². The van der Waals surface area contributed by atoms with E-state index in [0.29, 0.717) is 35.8 Å². The van der Waals surface area contributed by atoms with Gasteiger partial charge in [-0.2, -0.15) is 0 Å². The first-order chi connectivity index (χ1) is 15.4. The first-order valence-corrected chi connectivity index (χ1v) is 13.0. The summed E-state index contributed by atoms with van der Waals surface area (Å²) < 4.78 is 26.5. The standard InChI is InChI=1S/C23H25ClN4O3S/c24-17-11-10-16(15-21(17)28-13-5-6-14-32(28,30)31)23(29)27-12-4-3-9-20(27)22-25-18-7-1-2-8-19(18)26-22/h1-2,7-8,10-11,15,20H,3-6,9,12-14H2,(H,25,26). The summed E-state index contributed by atoms with van der Waals surface area (Å²) in [6.07, 6.45) is 4.18. The van der Waals surface area contributed by atoms with Crippen LogP contribution in [0.4, 0.5) is 5.69 Å². The second kappa shape index (κ2) is 8.41. The van der Waals surface area contributed by atoms with Crippen molar-refractivity contribution < 1.29 is 13.2 Å². The predicted octanol–water partition coefficient (Wildman–Crippen LogP) is 4.51. The van der Waals surface area contributed by atoms with Gasteiger partial charge < -0.3 is 9.88 Å². The van der Waals surface area contributed by atoms with Crippen LogP contribution in [0.1, 0.15) is 54.3 Å². The SMILES string of the molecule is O=C(c1ccc(Cl)c(N2CCCCS2(=O)=O)c1)N1CCCCC1c1nc2ccccc2[nH]1. The van der Waals surface area contributed by atoms with Gasteiger partial charge in [0.05, 0.1) is 33.5 Å². The number of rotatable bonds is 3. The van der Waals surface area contributed by atoms with Gasteiger partial charge in [-0.05, 0) is 62.4 Å². The molecular formula is C23H25ClN4O3S. The average molecular weight is 473 g/mol. The van der Waals surface area contributed by atoms with E-state index in [1.165, 1.54) is 4.31 Å². The number of hydrogen-bond donors (Lipinski definition) is 1. The second-order valence-corrected chi connectivity index (χ2v) is 10.8. The van der Waals surface area contributed by atoms with Crippen molar-refractivity contribution in [3.63, 3.8) is 0 Å². The van der Waals surface area contributed by atoms with Crippen molar-refractivity contribution in [3.05, 3.63) is 58.9 Å². The summed E-state index contributed by atoms with van der Waals surface area (Å²) in [5.41, 5.74) is 2.65. The van der Waals surface area contributed by atoms with Crippen molar-refractivity contribution in [2.75, 3.05) is 23.1 Å². The van der Waals surface area contributed by atoms with Gasteiger partial charge >= 0.3 is 0 Å². The number of nitrogens with zero attached hydrogens (tertiary/aromatic N) is 3. The Kier molecular flexibility index (Phi) is 5.59. The lowest BCUT2D eigenvalue weighted by atomic mass is 10.00. The summed E-state index contributed by atoms with van der Waals surface area (Å²) in [4.78, 5) is 23.5. The first kappa shape index (κ1) is 21.3. The van der Waals surface area contributed by atoms with Crippen LogP contribution in [-0.2, 0) is 10.0 Å². The summed E-state index contributed by atoms with van der Waals surface area (Å²) in [5.74, 6) is 0.747. The number of likely N-dealkylation sites (tertiary alicyclic amines) is 1. The Morgan fingerprint density at radius 2 is 1.88 bits per heavy atom. The fourth-order valence-corrected chi connectivity index (χ4v) is 6.57. The molecule has 9 heteroatoms. The minimum absolute atomic E-state index is 0.0990. The van der Waals surface area contributed by atoms with E-state index in [4.69, 9.17) is 16.6 Å². The Hall–Kier alpha value is -2.58. The Bertz CT molecular complexity index is 1240. The fourth-order valence-electron chi connectivity index (χ4n) is 4.65. The summed E-state index contributed by atoms with van der Waals surface area (Å²) >= 11 is 6.37. The van der Waals surface area contributed by atoms with Crippen LogP contribution in [0, 0.1) is 0 Å². The lowest BCUT2D eigenvalue weighted by molar-refractivity contribution is 0.0601. The number of amides is 1. The highest BCUT2D eigenvalue weighted by Crippen LogP contribution is 2.35. The van der Waals surface area contributed by atoms with E-state index in [2.05, 4.69) is 4.98 Å². The number of aromatic nitrogens is 2. The minimum atomic E-state index is -3.43. The van der Waals surface area contributed by atoms with E-state index in [1.54, 1.807) is 18.2 Å². The number of sulfonamides is 1. The molecule has 32 heavy (non-hydrogen) atoms. The molecule has 1 unspecified atom stereocenters. The molecule has 2 fully saturated rings. The van der Waals surface area contributed by atoms with Gasteiger partial charge in [-0.25, -0.2) is 13.4 Å². The van der Waals surface area contributed by atoms with Crippen molar-refractivity contribution in [1.29, 1.82) is 0 Å². The van der Waals surface area contributed by atoms with Crippen LogP contribution in [0.25, 0.3) is 11.0 Å². The number of carbonyl (C=O) groups excluding carboxylic acids is 1. The molecule has 2 aliphatic rings. The zero-order chi connectivity index (χ0) is 22.3. The molecule has 1 aromatic heterocycles. The number of aromatic amines is 1. The van der Waals surface area contributed by atoms with Crippen molar-refractivity contribution in [1.82, 2.24) is 14.9 Å². The molecule has 1 atom stereocenters. The van der Waals surface area contributed by atoms with Gasteiger partial charge in [-0.15, -0.1) is 0 Å². The summed E-state index contributed by atoms with van der Waals surface area (Å²) in [6.45, 7) is 1.01. The number of imidazole rings is 1. The van der Waals surface area contributed by atoms with Gasteiger partial charge in [0.1, 0.15) is 5.82 Å². The molecule has 0 aliphatic carbocycles. The molecule has 1 amide bonds. The predicted molar refractivity (Wildman–Crippen MR) is 126 cm³/mol. The van der Waals surface area contributed by atoms with E-state index in [0.717, 1.165) is 42.5 Å². The van der Waals surface area contributed by atoms with Gasteiger partial charge in [-0.1, -0.05) is 23.7 Å². The molecule has 3 aromatic rings. The third-order valence-electron chi connectivity index (χ3n) is 6.30. The molecule has 0 spiro atoms. The molecule has 7 nitrogen and oxygen atoms in total. The van der Waals surface area contributed by atoms with Crippen molar-refractivity contribution in [2.24, 2.45) is 0 Å². The number of para-hydroxylation sites is 2. The highest BCUT2D eigenvalue weighted by Gasteiger charge is 2.32. The van der Waals surface area contributed by atoms with Gasteiger partial charge in [0.15, 0.2) is 0 Å². The molecule has 0 bridgehead atoms. The largest absolute Gasteiger partial charge is 0.340 e. The molecule has 5 rings (SSSR count). The maximum atomic E-state index is 13.6. The maximum Gasteiger partial charge on any atom is 0.254 e. The first-order valence-electron chi connectivity index (χ1n) is 11.0. The molecule has 2 saturated heterocycles. The molecule has 1 N–H and O–H groups in total. The van der Waals surface area contributed by atoms with E-state index >= 15 is 0 Å². The highest BCUT2D eigenvalue weighted by atomic mass is 35.5. The third-order valence-corrected chi connectivity index (χ3v) is 8.47. The summed E-state index contributed by atoms with van der Waals surface area (Å²) in [7, 11) is -3.43. The van der Waals surface area contributed by atoms with Crippen LogP contribution in [0.15, 0.2) is 42.5 Å². The number of piperidine rings is 1. The lowest BCUT2D eigenvalue weighted by Gasteiger charge is -2.35. The average Bonchev–Trinajstić information content (AvgIpc) is 3.23. The smallest absolute Gasteiger partial charge is 0.254 e. The zero-order valence-corrected chi connectivity index (χ0v) is 19.2. The number of benzene rings is 2. The minimum Gasteiger partial charge on any atom is -0.340 e. The molecule has 0 saturated carbocycles. The number of nitrogens with one attached hydrogen (secondary N) is 1. The van der Waals surface area contributed by atoms with Gasteiger partial charge in [0, 0.05) is 18.7 Å². The van der Waals surface area contributed by atoms with E-state index in [-0.39, 0.29) is 17.7 Å². The molecule has 168 valence electrons.